The van der Waals surface area contributed by atoms with Crippen LogP contribution in [-0.2, 0) is 0 Å². The van der Waals surface area contributed by atoms with E-state index >= 15 is 0 Å². The first-order valence-corrected chi connectivity index (χ1v) is 6.11. The quantitative estimate of drug-likeness (QED) is 0.846. The lowest BCUT2D eigenvalue weighted by Crippen LogP contribution is -2.35. The summed E-state index contributed by atoms with van der Waals surface area (Å²) in [5.74, 6) is 1.34. The molecule has 1 fully saturated rings. The van der Waals surface area contributed by atoms with Gasteiger partial charge in [0, 0.05) is 12.6 Å². The molecule has 0 amide bonds. The molecular weight excluding hydrogens is 224 g/mol. The van der Waals surface area contributed by atoms with Crippen molar-refractivity contribution in [3.63, 3.8) is 0 Å². The van der Waals surface area contributed by atoms with E-state index in [0.717, 1.165) is 0 Å². The summed E-state index contributed by atoms with van der Waals surface area (Å²) in [5.41, 5.74) is 5.80. The Bertz CT molecular complexity index is 339. The van der Waals surface area contributed by atoms with Gasteiger partial charge >= 0.3 is 0 Å². The van der Waals surface area contributed by atoms with E-state index in [-0.39, 0.29) is 6.04 Å². The van der Waals surface area contributed by atoms with Crippen LogP contribution >= 0.6 is 11.6 Å². The van der Waals surface area contributed by atoms with Crippen LogP contribution in [0.4, 0.5) is 5.82 Å². The Kier molecular flexibility index (Phi) is 3.96. The van der Waals surface area contributed by atoms with Crippen molar-refractivity contribution in [1.82, 2.24) is 9.97 Å². The zero-order valence-corrected chi connectivity index (χ0v) is 9.95. The maximum Gasteiger partial charge on any atom is 0.148 e. The molecule has 5 heteroatoms. The Labute approximate surface area is 101 Å². The summed E-state index contributed by atoms with van der Waals surface area (Å²) in [4.78, 5) is 7.99. The molecule has 0 saturated heterocycles. The zero-order valence-electron chi connectivity index (χ0n) is 9.19. The summed E-state index contributed by atoms with van der Waals surface area (Å²) in [6.45, 7) is 0.616. The highest BCUT2D eigenvalue weighted by molar-refractivity contribution is 6.32. The molecule has 1 unspecified atom stereocenters. The van der Waals surface area contributed by atoms with Gasteiger partial charge in [0.2, 0.25) is 0 Å². The Morgan fingerprint density at radius 2 is 2.25 bits per heavy atom. The Morgan fingerprint density at radius 3 is 2.88 bits per heavy atom. The van der Waals surface area contributed by atoms with Gasteiger partial charge in [0.1, 0.15) is 17.2 Å². The molecule has 0 spiro atoms. The molecule has 3 N–H and O–H groups in total. The van der Waals surface area contributed by atoms with Crippen LogP contribution < -0.4 is 11.1 Å². The molecule has 1 atom stereocenters. The van der Waals surface area contributed by atoms with Crippen LogP contribution in [0.25, 0.3) is 0 Å². The highest BCUT2D eigenvalue weighted by Crippen LogP contribution is 2.29. The predicted molar refractivity (Wildman–Crippen MR) is 65.5 cm³/mol. The van der Waals surface area contributed by atoms with Crippen molar-refractivity contribution in [1.29, 1.82) is 0 Å². The van der Waals surface area contributed by atoms with E-state index in [2.05, 4.69) is 15.3 Å². The summed E-state index contributed by atoms with van der Waals surface area (Å²) in [7, 11) is 0. The van der Waals surface area contributed by atoms with Crippen molar-refractivity contribution < 1.29 is 0 Å². The maximum atomic E-state index is 6.00. The van der Waals surface area contributed by atoms with Crippen LogP contribution in [0.15, 0.2) is 12.5 Å². The third kappa shape index (κ3) is 2.62. The Hall–Kier alpha value is -0.870. The highest BCUT2D eigenvalue weighted by Gasteiger charge is 2.24. The van der Waals surface area contributed by atoms with Crippen LogP contribution in [0, 0.1) is 5.92 Å². The van der Waals surface area contributed by atoms with Crippen molar-refractivity contribution >= 4 is 17.4 Å². The molecule has 0 aliphatic heterocycles. The highest BCUT2D eigenvalue weighted by atomic mass is 35.5. The van der Waals surface area contributed by atoms with Gasteiger partial charge in [-0.05, 0) is 18.8 Å². The Morgan fingerprint density at radius 1 is 1.50 bits per heavy atom. The van der Waals surface area contributed by atoms with Crippen LogP contribution in [0.2, 0.25) is 5.02 Å². The molecular formula is C11H17ClN4. The van der Waals surface area contributed by atoms with Gasteiger partial charge in [0.15, 0.2) is 0 Å². The molecule has 1 aliphatic rings. The number of hydrogen-bond donors (Lipinski definition) is 2. The van der Waals surface area contributed by atoms with E-state index in [1.54, 1.807) is 6.20 Å². The molecule has 88 valence electrons. The molecule has 0 aromatic carbocycles. The molecule has 1 aromatic heterocycles. The minimum atomic E-state index is 0.273. The number of nitrogens with zero attached hydrogens (tertiary/aromatic N) is 2. The topological polar surface area (TPSA) is 63.8 Å². The predicted octanol–water partition coefficient (Wildman–Crippen LogP) is 2.06. The summed E-state index contributed by atoms with van der Waals surface area (Å²) in [5, 5.41) is 3.89. The number of anilines is 1. The van der Waals surface area contributed by atoms with Gasteiger partial charge in [-0.2, -0.15) is 0 Å². The first-order valence-electron chi connectivity index (χ1n) is 5.73. The fourth-order valence-corrected chi connectivity index (χ4v) is 2.48. The zero-order chi connectivity index (χ0) is 11.4. The summed E-state index contributed by atoms with van der Waals surface area (Å²) < 4.78 is 0. The first kappa shape index (κ1) is 11.6. The number of aromatic nitrogens is 2. The normalized spacial score (nSPS) is 18.6. The summed E-state index contributed by atoms with van der Waals surface area (Å²) in [6, 6.07) is 0.273. The van der Waals surface area contributed by atoms with Crippen LogP contribution in [0.5, 0.6) is 0 Å². The molecule has 1 aromatic rings. The van der Waals surface area contributed by atoms with E-state index in [9.17, 15) is 0 Å². The Balaban J connectivity index is 2.03. The van der Waals surface area contributed by atoms with Crippen LogP contribution in [0.1, 0.15) is 25.7 Å². The first-order chi connectivity index (χ1) is 7.81. The van der Waals surface area contributed by atoms with Gasteiger partial charge in [-0.25, -0.2) is 9.97 Å². The van der Waals surface area contributed by atoms with E-state index in [0.29, 0.717) is 23.3 Å². The molecule has 1 saturated carbocycles. The molecule has 1 heterocycles. The number of nitrogens with two attached hydrogens (primary N) is 1. The molecule has 1 aliphatic carbocycles. The largest absolute Gasteiger partial charge is 0.364 e. The molecule has 0 bridgehead atoms. The van der Waals surface area contributed by atoms with Crippen LogP contribution in [-0.4, -0.2) is 22.6 Å². The second-order valence-electron chi connectivity index (χ2n) is 4.25. The van der Waals surface area contributed by atoms with Gasteiger partial charge in [-0.15, -0.1) is 0 Å². The van der Waals surface area contributed by atoms with Gasteiger partial charge < -0.3 is 11.1 Å². The monoisotopic (exact) mass is 240 g/mol. The van der Waals surface area contributed by atoms with Gasteiger partial charge in [-0.3, -0.25) is 0 Å². The minimum absolute atomic E-state index is 0.273. The number of nitrogens with one attached hydrogen (secondary N) is 1. The molecule has 2 rings (SSSR count). The summed E-state index contributed by atoms with van der Waals surface area (Å²) >= 11 is 6.00. The second-order valence-corrected chi connectivity index (χ2v) is 4.66. The third-order valence-corrected chi connectivity index (χ3v) is 3.49. The molecule has 16 heavy (non-hydrogen) atoms. The lowest BCUT2D eigenvalue weighted by atomic mass is 9.98. The van der Waals surface area contributed by atoms with E-state index in [4.69, 9.17) is 17.3 Å². The van der Waals surface area contributed by atoms with Crippen molar-refractivity contribution in [3.05, 3.63) is 17.5 Å². The van der Waals surface area contributed by atoms with Crippen molar-refractivity contribution in [2.75, 3.05) is 11.9 Å². The third-order valence-electron chi connectivity index (χ3n) is 3.21. The van der Waals surface area contributed by atoms with Gasteiger partial charge in [-0.1, -0.05) is 24.4 Å². The number of hydrogen-bond acceptors (Lipinski definition) is 4. The summed E-state index contributed by atoms with van der Waals surface area (Å²) in [6.07, 6.45) is 8.20. The van der Waals surface area contributed by atoms with Crippen molar-refractivity contribution in [3.8, 4) is 0 Å². The fourth-order valence-electron chi connectivity index (χ4n) is 2.32. The average molecular weight is 241 g/mol. The number of rotatable bonds is 4. The van der Waals surface area contributed by atoms with Gasteiger partial charge in [0.25, 0.3) is 0 Å². The van der Waals surface area contributed by atoms with Crippen LogP contribution in [0.3, 0.4) is 0 Å². The standard InChI is InChI=1S/C11H17ClN4/c12-9-6-14-7-15-11(9)16-10(5-13)8-3-1-2-4-8/h6-8,10H,1-5,13H2,(H,14,15,16). The van der Waals surface area contributed by atoms with Crippen molar-refractivity contribution in [2.24, 2.45) is 11.7 Å². The second kappa shape index (κ2) is 5.46. The van der Waals surface area contributed by atoms with E-state index in [1.165, 1.54) is 32.0 Å². The smallest absolute Gasteiger partial charge is 0.148 e. The SMILES string of the molecule is NCC(Nc1ncncc1Cl)C1CCCC1. The van der Waals surface area contributed by atoms with E-state index < -0.39 is 0 Å². The van der Waals surface area contributed by atoms with E-state index in [1.807, 2.05) is 0 Å². The average Bonchev–Trinajstić information content (AvgIpc) is 2.81. The number of halogens is 1. The van der Waals surface area contributed by atoms with Crippen molar-refractivity contribution in [2.45, 2.75) is 31.7 Å². The molecule has 0 radical (unpaired) electrons. The fraction of sp³-hybridized carbons (Fsp3) is 0.636. The lowest BCUT2D eigenvalue weighted by molar-refractivity contribution is 0.461. The maximum absolute atomic E-state index is 6.00. The minimum Gasteiger partial charge on any atom is -0.364 e. The lowest BCUT2D eigenvalue weighted by Gasteiger charge is -2.23. The molecule has 4 nitrogen and oxygen atoms in total. The van der Waals surface area contributed by atoms with Gasteiger partial charge in [0.05, 0.1) is 6.20 Å².